The minimum atomic E-state index is -3.89. The van der Waals surface area contributed by atoms with E-state index in [1.807, 2.05) is 13.8 Å². The molecule has 0 aromatic heterocycles. The molecule has 1 N–H and O–H groups in total. The van der Waals surface area contributed by atoms with Gasteiger partial charge in [-0.15, -0.1) is 0 Å². The third kappa shape index (κ3) is 7.03. The highest BCUT2D eigenvalue weighted by molar-refractivity contribution is 7.92. The number of carbonyl (C=O) groups is 2. The number of benzene rings is 2. The minimum absolute atomic E-state index is 0.0808. The van der Waals surface area contributed by atoms with Gasteiger partial charge in [0.15, 0.2) is 11.5 Å². The van der Waals surface area contributed by atoms with Crippen LogP contribution in [0.2, 0.25) is 10.0 Å². The Hall–Kier alpha value is -2.69. The standard InChI is InChI=1S/C26H33Cl2N3O6S/c1-5-22(26(33)29-17(3)4)30(15-19-20(27)8-7-9-21(19)28)25(32)16-31(38(34,35)6-2)18-10-11-23-24(14-18)37-13-12-36-23/h7-11,14,17,22H,5-6,12-13,15-16H2,1-4H3,(H,29,33). The molecular weight excluding hydrogens is 553 g/mol. The third-order valence-electron chi connectivity index (χ3n) is 6.00. The molecule has 0 spiro atoms. The van der Waals surface area contributed by atoms with E-state index in [4.69, 9.17) is 32.7 Å². The summed E-state index contributed by atoms with van der Waals surface area (Å²) in [7, 11) is -3.89. The number of halogens is 2. The SMILES string of the molecule is CCC(C(=O)NC(C)C)N(Cc1c(Cl)cccc1Cl)C(=O)CN(c1ccc2c(c1)OCCO2)S(=O)(=O)CC. The van der Waals surface area contributed by atoms with E-state index in [0.717, 1.165) is 4.31 Å². The van der Waals surface area contributed by atoms with Crippen LogP contribution in [0, 0.1) is 0 Å². The van der Waals surface area contributed by atoms with E-state index in [9.17, 15) is 18.0 Å². The molecule has 0 saturated carbocycles. The number of amides is 2. The van der Waals surface area contributed by atoms with Gasteiger partial charge in [-0.1, -0.05) is 36.2 Å². The number of hydrogen-bond donors (Lipinski definition) is 1. The Kier molecular flexibility index (Phi) is 10.1. The topological polar surface area (TPSA) is 105 Å². The normalized spacial score (nSPS) is 13.7. The molecule has 0 radical (unpaired) electrons. The van der Waals surface area contributed by atoms with E-state index < -0.39 is 28.5 Å². The third-order valence-corrected chi connectivity index (χ3v) is 8.45. The number of sulfonamides is 1. The first-order valence-electron chi connectivity index (χ1n) is 12.4. The molecule has 208 valence electrons. The highest BCUT2D eigenvalue weighted by atomic mass is 35.5. The maximum atomic E-state index is 13.9. The molecular formula is C26H33Cl2N3O6S. The van der Waals surface area contributed by atoms with Gasteiger partial charge in [0.25, 0.3) is 0 Å². The van der Waals surface area contributed by atoms with Crippen LogP contribution in [0.15, 0.2) is 36.4 Å². The van der Waals surface area contributed by atoms with E-state index in [0.29, 0.717) is 40.3 Å². The number of carbonyl (C=O) groups excluding carboxylic acids is 2. The highest BCUT2D eigenvalue weighted by Crippen LogP contribution is 2.35. The highest BCUT2D eigenvalue weighted by Gasteiger charge is 2.33. The Morgan fingerprint density at radius 3 is 2.24 bits per heavy atom. The van der Waals surface area contributed by atoms with Crippen molar-refractivity contribution in [3.05, 3.63) is 52.0 Å². The molecule has 3 rings (SSSR count). The summed E-state index contributed by atoms with van der Waals surface area (Å²) in [6.07, 6.45) is 0.289. The fourth-order valence-corrected chi connectivity index (χ4v) is 5.63. The number of rotatable bonds is 11. The maximum Gasteiger partial charge on any atom is 0.244 e. The lowest BCUT2D eigenvalue weighted by Crippen LogP contribution is -2.53. The molecule has 1 aliphatic rings. The minimum Gasteiger partial charge on any atom is -0.486 e. The van der Waals surface area contributed by atoms with Crippen molar-refractivity contribution >= 4 is 50.7 Å². The molecule has 0 aliphatic carbocycles. The first kappa shape index (κ1) is 29.9. The van der Waals surface area contributed by atoms with Crippen LogP contribution in [0.3, 0.4) is 0 Å². The van der Waals surface area contributed by atoms with E-state index in [-0.39, 0.29) is 36.4 Å². The number of nitrogens with one attached hydrogen (secondary N) is 1. The van der Waals surface area contributed by atoms with Crippen molar-refractivity contribution in [3.63, 3.8) is 0 Å². The number of anilines is 1. The lowest BCUT2D eigenvalue weighted by Gasteiger charge is -2.34. The molecule has 1 unspecified atom stereocenters. The van der Waals surface area contributed by atoms with Crippen LogP contribution in [-0.2, 0) is 26.2 Å². The quantitative estimate of drug-likeness (QED) is 0.422. The zero-order valence-corrected chi connectivity index (χ0v) is 24.2. The summed E-state index contributed by atoms with van der Waals surface area (Å²) in [5, 5.41) is 3.51. The van der Waals surface area contributed by atoms with Crippen molar-refractivity contribution in [2.45, 2.75) is 52.7 Å². The summed E-state index contributed by atoms with van der Waals surface area (Å²) in [4.78, 5) is 28.4. The van der Waals surface area contributed by atoms with Gasteiger partial charge < -0.3 is 19.7 Å². The van der Waals surface area contributed by atoms with Crippen molar-refractivity contribution in [2.75, 3.05) is 29.8 Å². The van der Waals surface area contributed by atoms with Crippen LogP contribution >= 0.6 is 23.2 Å². The number of ether oxygens (including phenoxy) is 2. The van der Waals surface area contributed by atoms with Gasteiger partial charge in [0.05, 0.1) is 11.4 Å². The Morgan fingerprint density at radius 1 is 1.03 bits per heavy atom. The Bertz CT molecular complexity index is 1250. The van der Waals surface area contributed by atoms with Crippen LogP contribution in [-0.4, -0.2) is 62.7 Å². The lowest BCUT2D eigenvalue weighted by molar-refractivity contribution is -0.140. The Morgan fingerprint density at radius 2 is 1.66 bits per heavy atom. The summed E-state index contributed by atoms with van der Waals surface area (Å²) in [6, 6.07) is 8.63. The number of hydrogen-bond acceptors (Lipinski definition) is 6. The van der Waals surface area contributed by atoms with E-state index in [1.54, 1.807) is 37.3 Å². The van der Waals surface area contributed by atoms with Crippen LogP contribution in [0.25, 0.3) is 0 Å². The molecule has 38 heavy (non-hydrogen) atoms. The van der Waals surface area contributed by atoms with Gasteiger partial charge in [0.2, 0.25) is 21.8 Å². The second kappa shape index (κ2) is 12.9. The molecule has 0 saturated heterocycles. The smallest absolute Gasteiger partial charge is 0.244 e. The van der Waals surface area contributed by atoms with Crippen molar-refractivity contribution in [1.82, 2.24) is 10.2 Å². The largest absolute Gasteiger partial charge is 0.486 e. The van der Waals surface area contributed by atoms with Gasteiger partial charge in [-0.3, -0.25) is 13.9 Å². The van der Waals surface area contributed by atoms with E-state index in [1.165, 1.54) is 17.9 Å². The molecule has 1 atom stereocenters. The molecule has 1 aliphatic heterocycles. The molecule has 9 nitrogen and oxygen atoms in total. The summed E-state index contributed by atoms with van der Waals surface area (Å²) >= 11 is 12.8. The van der Waals surface area contributed by atoms with Gasteiger partial charge in [-0.2, -0.15) is 0 Å². The zero-order valence-electron chi connectivity index (χ0n) is 21.9. The number of nitrogens with zero attached hydrogens (tertiary/aromatic N) is 2. The van der Waals surface area contributed by atoms with Crippen molar-refractivity contribution in [1.29, 1.82) is 0 Å². The van der Waals surface area contributed by atoms with Gasteiger partial charge in [-0.05, 0) is 51.5 Å². The van der Waals surface area contributed by atoms with Gasteiger partial charge in [0, 0.05) is 34.3 Å². The van der Waals surface area contributed by atoms with Crippen molar-refractivity contribution in [2.24, 2.45) is 0 Å². The molecule has 12 heteroatoms. The second-order valence-electron chi connectivity index (χ2n) is 9.04. The van der Waals surface area contributed by atoms with Crippen LogP contribution < -0.4 is 19.1 Å². The fourth-order valence-electron chi connectivity index (χ4n) is 4.06. The molecule has 2 amide bonds. The predicted molar refractivity (Wildman–Crippen MR) is 149 cm³/mol. The van der Waals surface area contributed by atoms with Crippen molar-refractivity contribution < 1.29 is 27.5 Å². The molecule has 1 heterocycles. The fraction of sp³-hybridized carbons (Fsp3) is 0.462. The first-order valence-corrected chi connectivity index (χ1v) is 14.8. The average molecular weight is 587 g/mol. The van der Waals surface area contributed by atoms with Crippen molar-refractivity contribution in [3.8, 4) is 11.5 Å². The van der Waals surface area contributed by atoms with Crippen LogP contribution in [0.5, 0.6) is 11.5 Å². The van der Waals surface area contributed by atoms with Gasteiger partial charge >= 0.3 is 0 Å². The molecule has 2 aromatic carbocycles. The first-order chi connectivity index (χ1) is 18.0. The Labute approximate surface area is 234 Å². The molecule has 0 fully saturated rings. The summed E-state index contributed by atoms with van der Waals surface area (Å²) < 4.78 is 38.5. The monoisotopic (exact) mass is 585 g/mol. The van der Waals surface area contributed by atoms with Gasteiger partial charge in [0.1, 0.15) is 25.8 Å². The average Bonchev–Trinajstić information content (AvgIpc) is 2.87. The summed E-state index contributed by atoms with van der Waals surface area (Å²) in [5.74, 6) is -0.302. The lowest BCUT2D eigenvalue weighted by atomic mass is 10.1. The maximum absolute atomic E-state index is 13.9. The van der Waals surface area contributed by atoms with E-state index in [2.05, 4.69) is 5.32 Å². The zero-order chi connectivity index (χ0) is 28.0. The second-order valence-corrected chi connectivity index (χ2v) is 12.0. The van der Waals surface area contributed by atoms with Crippen LogP contribution in [0.1, 0.15) is 39.7 Å². The number of fused-ring (bicyclic) bond motifs is 1. The van der Waals surface area contributed by atoms with E-state index >= 15 is 0 Å². The molecule has 2 aromatic rings. The Balaban J connectivity index is 2.03. The van der Waals surface area contributed by atoms with Gasteiger partial charge in [-0.25, -0.2) is 8.42 Å². The van der Waals surface area contributed by atoms with Crippen LogP contribution in [0.4, 0.5) is 5.69 Å². The molecule has 0 bridgehead atoms. The predicted octanol–water partition coefficient (Wildman–Crippen LogP) is 4.25. The summed E-state index contributed by atoms with van der Waals surface area (Å²) in [5.41, 5.74) is 0.712. The summed E-state index contributed by atoms with van der Waals surface area (Å²) in [6.45, 7) is 7.01.